The second kappa shape index (κ2) is 8.92. The summed E-state index contributed by atoms with van der Waals surface area (Å²) in [7, 11) is 3.15. The van der Waals surface area contributed by atoms with E-state index >= 15 is 0 Å². The van der Waals surface area contributed by atoms with Gasteiger partial charge in [0.2, 0.25) is 0 Å². The smallest absolute Gasteiger partial charge is 0.336 e. The number of benzene rings is 2. The van der Waals surface area contributed by atoms with E-state index in [2.05, 4.69) is 13.8 Å². The van der Waals surface area contributed by atoms with Crippen LogP contribution in [0, 0.1) is 0 Å². The second-order valence-corrected chi connectivity index (χ2v) is 5.75. The van der Waals surface area contributed by atoms with Gasteiger partial charge in [-0.15, -0.1) is 0 Å². The van der Waals surface area contributed by atoms with Crippen LogP contribution in [-0.4, -0.2) is 20.2 Å². The van der Waals surface area contributed by atoms with Crippen LogP contribution in [0.15, 0.2) is 48.5 Å². The summed E-state index contributed by atoms with van der Waals surface area (Å²) in [5.41, 5.74) is 2.06. The molecule has 25 heavy (non-hydrogen) atoms. The van der Waals surface area contributed by atoms with Gasteiger partial charge in [-0.2, -0.15) is 0 Å². The zero-order valence-corrected chi connectivity index (χ0v) is 15.1. The predicted octanol–water partition coefficient (Wildman–Crippen LogP) is 4.84. The zero-order valence-electron chi connectivity index (χ0n) is 15.1. The second-order valence-electron chi connectivity index (χ2n) is 5.75. The minimum Gasteiger partial charge on any atom is -0.493 e. The Bertz CT molecular complexity index is 732. The topological polar surface area (TPSA) is 44.8 Å². The Balaban J connectivity index is 2.01. The maximum atomic E-state index is 12.0. The summed E-state index contributed by atoms with van der Waals surface area (Å²) in [5, 5.41) is 0. The van der Waals surface area contributed by atoms with Crippen molar-refractivity contribution < 1.29 is 19.0 Å². The van der Waals surface area contributed by atoms with E-state index in [1.807, 2.05) is 30.3 Å². The van der Waals surface area contributed by atoms with Crippen molar-refractivity contribution in [3.05, 3.63) is 59.7 Å². The first-order valence-electron chi connectivity index (χ1n) is 8.29. The van der Waals surface area contributed by atoms with E-state index in [9.17, 15) is 4.79 Å². The number of ether oxygens (including phenoxy) is 3. The van der Waals surface area contributed by atoms with Crippen LogP contribution < -0.4 is 14.2 Å². The molecule has 0 fully saturated rings. The van der Waals surface area contributed by atoms with Gasteiger partial charge in [0.1, 0.15) is 5.75 Å². The number of methoxy groups -OCH3 is 2. The summed E-state index contributed by atoms with van der Waals surface area (Å²) in [6.45, 7) is 4.32. The van der Waals surface area contributed by atoms with E-state index in [4.69, 9.17) is 14.2 Å². The molecule has 0 saturated heterocycles. The molecule has 4 heteroatoms. The van der Waals surface area contributed by atoms with Crippen molar-refractivity contribution in [2.45, 2.75) is 26.2 Å². The molecule has 0 aliphatic heterocycles. The van der Waals surface area contributed by atoms with Crippen molar-refractivity contribution in [1.29, 1.82) is 0 Å². The van der Waals surface area contributed by atoms with Crippen LogP contribution in [0.25, 0.3) is 6.08 Å². The third kappa shape index (κ3) is 5.11. The van der Waals surface area contributed by atoms with E-state index in [0.717, 1.165) is 12.0 Å². The van der Waals surface area contributed by atoms with Gasteiger partial charge in [0, 0.05) is 6.08 Å². The predicted molar refractivity (Wildman–Crippen MR) is 99.4 cm³/mol. The highest BCUT2D eigenvalue weighted by molar-refractivity contribution is 5.88. The maximum absolute atomic E-state index is 12.0. The number of carbonyl (C=O) groups is 1. The Morgan fingerprint density at radius 3 is 2.32 bits per heavy atom. The van der Waals surface area contributed by atoms with E-state index in [1.165, 1.54) is 11.6 Å². The third-order valence-corrected chi connectivity index (χ3v) is 4.10. The van der Waals surface area contributed by atoms with Gasteiger partial charge in [0.25, 0.3) is 0 Å². The van der Waals surface area contributed by atoms with Gasteiger partial charge in [0.15, 0.2) is 11.5 Å². The molecule has 4 nitrogen and oxygen atoms in total. The van der Waals surface area contributed by atoms with Crippen LogP contribution >= 0.6 is 0 Å². The quantitative estimate of drug-likeness (QED) is 0.411. The highest BCUT2D eigenvalue weighted by Gasteiger charge is 2.06. The van der Waals surface area contributed by atoms with Gasteiger partial charge in [-0.05, 0) is 53.8 Å². The molecule has 0 aliphatic rings. The first-order valence-corrected chi connectivity index (χ1v) is 8.29. The molecule has 0 N–H and O–H groups in total. The van der Waals surface area contributed by atoms with Gasteiger partial charge < -0.3 is 14.2 Å². The largest absolute Gasteiger partial charge is 0.493 e. The van der Waals surface area contributed by atoms with Crippen LogP contribution in [0.3, 0.4) is 0 Å². The van der Waals surface area contributed by atoms with Gasteiger partial charge >= 0.3 is 5.97 Å². The van der Waals surface area contributed by atoms with Crippen molar-refractivity contribution in [3.8, 4) is 17.2 Å². The molecule has 132 valence electrons. The highest BCUT2D eigenvalue weighted by Crippen LogP contribution is 2.28. The van der Waals surface area contributed by atoms with Crippen LogP contribution in [0.1, 0.15) is 37.3 Å². The third-order valence-electron chi connectivity index (χ3n) is 4.10. The fourth-order valence-corrected chi connectivity index (χ4v) is 2.37. The standard InChI is InChI=1S/C21H24O4/c1-5-15(2)17-8-10-18(11-9-17)25-21(22)13-7-16-6-12-19(23-3)20(14-16)24-4/h6-15H,5H2,1-4H3/b13-7+/t15-/m1/s1. The Hall–Kier alpha value is -2.75. The Morgan fingerprint density at radius 2 is 1.72 bits per heavy atom. The number of carbonyl (C=O) groups excluding carboxylic acids is 1. The van der Waals surface area contributed by atoms with E-state index < -0.39 is 5.97 Å². The molecular formula is C21H24O4. The lowest BCUT2D eigenvalue weighted by molar-refractivity contribution is -0.128. The Labute approximate surface area is 149 Å². The van der Waals surface area contributed by atoms with E-state index in [-0.39, 0.29) is 0 Å². The summed E-state index contributed by atoms with van der Waals surface area (Å²) >= 11 is 0. The average molecular weight is 340 g/mol. The summed E-state index contributed by atoms with van der Waals surface area (Å²) in [5.74, 6) is 1.86. The molecule has 0 aromatic heterocycles. The number of hydrogen-bond acceptors (Lipinski definition) is 4. The van der Waals surface area contributed by atoms with E-state index in [1.54, 1.807) is 32.4 Å². The first-order chi connectivity index (χ1) is 12.1. The number of hydrogen-bond donors (Lipinski definition) is 0. The van der Waals surface area contributed by atoms with Crippen LogP contribution in [0.2, 0.25) is 0 Å². The van der Waals surface area contributed by atoms with Crippen LogP contribution in [0.5, 0.6) is 17.2 Å². The minimum absolute atomic E-state index is 0.425. The molecule has 0 amide bonds. The molecule has 0 heterocycles. The minimum atomic E-state index is -0.425. The molecule has 2 aromatic rings. The SMILES string of the molecule is CC[C@@H](C)c1ccc(OC(=O)/C=C/c2ccc(OC)c(OC)c2)cc1. The average Bonchev–Trinajstić information content (AvgIpc) is 2.66. The number of esters is 1. The fraction of sp³-hybridized carbons (Fsp3) is 0.286. The summed E-state index contributed by atoms with van der Waals surface area (Å²) in [6, 6.07) is 13.1. The highest BCUT2D eigenvalue weighted by atomic mass is 16.5. The molecule has 0 spiro atoms. The fourth-order valence-electron chi connectivity index (χ4n) is 2.37. The molecule has 0 bridgehead atoms. The van der Waals surface area contributed by atoms with Crippen LogP contribution in [0.4, 0.5) is 0 Å². The van der Waals surface area contributed by atoms with Gasteiger partial charge in [-0.3, -0.25) is 0 Å². The zero-order chi connectivity index (χ0) is 18.2. The molecule has 0 aliphatic carbocycles. The Morgan fingerprint density at radius 1 is 1.04 bits per heavy atom. The molecule has 0 radical (unpaired) electrons. The summed E-state index contributed by atoms with van der Waals surface area (Å²) in [4.78, 5) is 12.0. The summed E-state index contributed by atoms with van der Waals surface area (Å²) < 4.78 is 15.8. The molecule has 0 unspecified atom stereocenters. The lowest BCUT2D eigenvalue weighted by atomic mass is 9.99. The van der Waals surface area contributed by atoms with Gasteiger partial charge in [0.05, 0.1) is 14.2 Å². The van der Waals surface area contributed by atoms with E-state index in [0.29, 0.717) is 23.2 Å². The first kappa shape index (κ1) is 18.6. The van der Waals surface area contributed by atoms with Crippen molar-refractivity contribution in [2.24, 2.45) is 0 Å². The number of rotatable bonds is 7. The Kier molecular flexibility index (Phi) is 6.63. The van der Waals surface area contributed by atoms with Crippen molar-refractivity contribution in [1.82, 2.24) is 0 Å². The molecule has 2 aromatic carbocycles. The van der Waals surface area contributed by atoms with Crippen molar-refractivity contribution in [3.63, 3.8) is 0 Å². The van der Waals surface area contributed by atoms with Gasteiger partial charge in [-0.1, -0.05) is 32.0 Å². The maximum Gasteiger partial charge on any atom is 0.336 e. The monoisotopic (exact) mass is 340 g/mol. The van der Waals surface area contributed by atoms with Crippen molar-refractivity contribution in [2.75, 3.05) is 14.2 Å². The molecule has 2 rings (SSSR count). The lowest BCUT2D eigenvalue weighted by Crippen LogP contribution is -2.03. The molecular weight excluding hydrogens is 316 g/mol. The molecule has 1 atom stereocenters. The normalized spacial score (nSPS) is 12.0. The van der Waals surface area contributed by atoms with Crippen molar-refractivity contribution >= 4 is 12.0 Å². The lowest BCUT2D eigenvalue weighted by Gasteiger charge is -2.09. The summed E-state index contributed by atoms with van der Waals surface area (Å²) in [6.07, 6.45) is 4.15. The molecule has 0 saturated carbocycles. The van der Waals surface area contributed by atoms with Gasteiger partial charge in [-0.25, -0.2) is 4.79 Å². The van der Waals surface area contributed by atoms with Crippen LogP contribution in [-0.2, 0) is 4.79 Å².